The molecule has 0 aliphatic carbocycles. The molecule has 0 aliphatic heterocycles. The smallest absolute Gasteiger partial charge is 0.133 e. The van der Waals surface area contributed by atoms with E-state index in [9.17, 15) is 0 Å². The van der Waals surface area contributed by atoms with Gasteiger partial charge in [-0.2, -0.15) is 0 Å². The fourth-order valence-corrected chi connectivity index (χ4v) is 2.69. The Labute approximate surface area is 122 Å². The van der Waals surface area contributed by atoms with Crippen molar-refractivity contribution in [2.24, 2.45) is 0 Å². The minimum atomic E-state index is 0.800. The molecule has 0 atom stereocenters. The van der Waals surface area contributed by atoms with Crippen LogP contribution in [0, 0.1) is 13.8 Å². The molecule has 3 heteroatoms. The van der Waals surface area contributed by atoms with Gasteiger partial charge in [-0.3, -0.25) is 0 Å². The molecule has 19 heavy (non-hydrogen) atoms. The van der Waals surface area contributed by atoms with Crippen LogP contribution in [0.4, 0.5) is 5.69 Å². The van der Waals surface area contributed by atoms with Gasteiger partial charge < -0.3 is 10.1 Å². The first-order chi connectivity index (χ1) is 9.11. The Balaban J connectivity index is 2.13. The van der Waals surface area contributed by atoms with Crippen molar-refractivity contribution in [3.8, 4) is 5.75 Å². The minimum absolute atomic E-state index is 0.800. The highest BCUT2D eigenvalue weighted by Gasteiger charge is 2.04. The number of ether oxygens (including phenoxy) is 1. The summed E-state index contributed by atoms with van der Waals surface area (Å²) < 4.78 is 6.22. The molecule has 0 heterocycles. The van der Waals surface area contributed by atoms with Gasteiger partial charge >= 0.3 is 0 Å². The van der Waals surface area contributed by atoms with E-state index >= 15 is 0 Å². The lowest BCUT2D eigenvalue weighted by Gasteiger charge is -2.13. The van der Waals surface area contributed by atoms with Crippen molar-refractivity contribution in [1.29, 1.82) is 0 Å². The van der Waals surface area contributed by atoms with Gasteiger partial charge in [-0.05, 0) is 58.6 Å². The lowest BCUT2D eigenvalue weighted by molar-refractivity contribution is 0.412. The largest absolute Gasteiger partial charge is 0.496 e. The molecule has 2 aromatic carbocycles. The second kappa shape index (κ2) is 6.11. The van der Waals surface area contributed by atoms with Crippen molar-refractivity contribution in [2.75, 3.05) is 12.4 Å². The summed E-state index contributed by atoms with van der Waals surface area (Å²) in [4.78, 5) is 0. The maximum atomic E-state index is 5.23. The SMILES string of the molecule is COc1ccc(CNc2c(C)cccc2C)cc1Br. The highest BCUT2D eigenvalue weighted by atomic mass is 79.9. The third-order valence-corrected chi connectivity index (χ3v) is 3.79. The van der Waals surface area contributed by atoms with E-state index in [2.05, 4.69) is 65.4 Å². The Morgan fingerprint density at radius 2 is 1.79 bits per heavy atom. The molecule has 0 saturated carbocycles. The van der Waals surface area contributed by atoms with E-state index in [0.717, 1.165) is 16.8 Å². The van der Waals surface area contributed by atoms with Gasteiger partial charge in [0, 0.05) is 12.2 Å². The highest BCUT2D eigenvalue weighted by molar-refractivity contribution is 9.10. The average molecular weight is 320 g/mol. The predicted molar refractivity (Wildman–Crippen MR) is 83.9 cm³/mol. The number of anilines is 1. The molecule has 0 unspecified atom stereocenters. The third-order valence-electron chi connectivity index (χ3n) is 3.17. The summed E-state index contributed by atoms with van der Waals surface area (Å²) >= 11 is 3.51. The van der Waals surface area contributed by atoms with Crippen LogP contribution in [0.2, 0.25) is 0 Å². The second-order valence-corrected chi connectivity index (χ2v) is 5.44. The fraction of sp³-hybridized carbons (Fsp3) is 0.250. The summed E-state index contributed by atoms with van der Waals surface area (Å²) in [6, 6.07) is 12.5. The summed E-state index contributed by atoms with van der Waals surface area (Å²) in [7, 11) is 1.68. The highest BCUT2D eigenvalue weighted by Crippen LogP contribution is 2.26. The van der Waals surface area contributed by atoms with Crippen LogP contribution in [0.15, 0.2) is 40.9 Å². The van der Waals surface area contributed by atoms with Crippen molar-refractivity contribution < 1.29 is 4.74 Å². The normalized spacial score (nSPS) is 10.3. The molecule has 0 saturated heterocycles. The number of methoxy groups -OCH3 is 1. The summed E-state index contributed by atoms with van der Waals surface area (Å²) in [5, 5.41) is 3.50. The van der Waals surface area contributed by atoms with Gasteiger partial charge in [0.15, 0.2) is 0 Å². The molecule has 0 amide bonds. The van der Waals surface area contributed by atoms with Crippen LogP contribution in [-0.4, -0.2) is 7.11 Å². The van der Waals surface area contributed by atoms with Gasteiger partial charge in [0.1, 0.15) is 5.75 Å². The number of para-hydroxylation sites is 1. The number of benzene rings is 2. The predicted octanol–water partition coefficient (Wildman–Crippen LogP) is 4.69. The maximum absolute atomic E-state index is 5.23. The van der Waals surface area contributed by atoms with E-state index in [4.69, 9.17) is 4.74 Å². The lowest BCUT2D eigenvalue weighted by atomic mass is 10.1. The first kappa shape index (κ1) is 13.9. The van der Waals surface area contributed by atoms with Crippen LogP contribution in [-0.2, 0) is 6.54 Å². The van der Waals surface area contributed by atoms with Gasteiger partial charge in [0.05, 0.1) is 11.6 Å². The zero-order valence-corrected chi connectivity index (χ0v) is 13.0. The Bertz CT molecular complexity index is 561. The standard InChI is InChI=1S/C16H18BrNO/c1-11-5-4-6-12(2)16(11)18-10-13-7-8-15(19-3)14(17)9-13/h4-9,18H,10H2,1-3H3. The Kier molecular flexibility index (Phi) is 4.48. The quantitative estimate of drug-likeness (QED) is 0.883. The average Bonchev–Trinajstić information content (AvgIpc) is 2.38. The van der Waals surface area contributed by atoms with E-state index in [1.807, 2.05) is 6.07 Å². The number of nitrogens with one attached hydrogen (secondary N) is 1. The second-order valence-electron chi connectivity index (χ2n) is 4.59. The zero-order valence-electron chi connectivity index (χ0n) is 11.5. The minimum Gasteiger partial charge on any atom is -0.496 e. The molecule has 2 nitrogen and oxygen atoms in total. The Morgan fingerprint density at radius 3 is 2.37 bits per heavy atom. The molecule has 1 N–H and O–H groups in total. The van der Waals surface area contributed by atoms with Crippen LogP contribution in [0.25, 0.3) is 0 Å². The van der Waals surface area contributed by atoms with Gasteiger partial charge in [-0.25, -0.2) is 0 Å². The molecule has 0 radical (unpaired) electrons. The van der Waals surface area contributed by atoms with Crippen molar-refractivity contribution in [2.45, 2.75) is 20.4 Å². The first-order valence-corrected chi connectivity index (χ1v) is 7.03. The van der Waals surface area contributed by atoms with Crippen molar-refractivity contribution >= 4 is 21.6 Å². The fourth-order valence-electron chi connectivity index (χ4n) is 2.10. The Morgan fingerprint density at radius 1 is 1.11 bits per heavy atom. The van der Waals surface area contributed by atoms with Crippen LogP contribution < -0.4 is 10.1 Å². The lowest BCUT2D eigenvalue weighted by Crippen LogP contribution is -2.03. The van der Waals surface area contributed by atoms with E-state index in [0.29, 0.717) is 0 Å². The van der Waals surface area contributed by atoms with Gasteiger partial charge in [-0.15, -0.1) is 0 Å². The van der Waals surface area contributed by atoms with E-state index in [1.54, 1.807) is 7.11 Å². The van der Waals surface area contributed by atoms with Crippen LogP contribution in [0.1, 0.15) is 16.7 Å². The topological polar surface area (TPSA) is 21.3 Å². The molecule has 0 bridgehead atoms. The first-order valence-electron chi connectivity index (χ1n) is 6.24. The van der Waals surface area contributed by atoms with E-state index in [-0.39, 0.29) is 0 Å². The van der Waals surface area contributed by atoms with Crippen LogP contribution in [0.5, 0.6) is 5.75 Å². The summed E-state index contributed by atoms with van der Waals surface area (Å²) in [6.45, 7) is 5.05. The molecule has 0 aromatic heterocycles. The number of halogens is 1. The molecule has 0 fully saturated rings. The summed E-state index contributed by atoms with van der Waals surface area (Å²) in [5.74, 6) is 0.857. The Hall–Kier alpha value is -1.48. The summed E-state index contributed by atoms with van der Waals surface area (Å²) in [5.41, 5.74) is 4.98. The van der Waals surface area contributed by atoms with E-state index < -0.39 is 0 Å². The molecular weight excluding hydrogens is 302 g/mol. The third kappa shape index (κ3) is 3.29. The zero-order chi connectivity index (χ0) is 13.8. The van der Waals surface area contributed by atoms with Gasteiger partial charge in [0.25, 0.3) is 0 Å². The number of aryl methyl sites for hydroxylation is 2. The van der Waals surface area contributed by atoms with E-state index in [1.165, 1.54) is 22.4 Å². The van der Waals surface area contributed by atoms with Crippen molar-refractivity contribution in [3.63, 3.8) is 0 Å². The van der Waals surface area contributed by atoms with Crippen molar-refractivity contribution in [1.82, 2.24) is 0 Å². The molecule has 100 valence electrons. The molecular formula is C16H18BrNO. The maximum Gasteiger partial charge on any atom is 0.133 e. The number of hydrogen-bond donors (Lipinski definition) is 1. The monoisotopic (exact) mass is 319 g/mol. The molecule has 2 aromatic rings. The van der Waals surface area contributed by atoms with Crippen molar-refractivity contribution in [3.05, 3.63) is 57.6 Å². The van der Waals surface area contributed by atoms with Gasteiger partial charge in [0.2, 0.25) is 0 Å². The van der Waals surface area contributed by atoms with Gasteiger partial charge in [-0.1, -0.05) is 24.3 Å². The van der Waals surface area contributed by atoms with Crippen LogP contribution in [0.3, 0.4) is 0 Å². The number of hydrogen-bond acceptors (Lipinski definition) is 2. The van der Waals surface area contributed by atoms with Crippen LogP contribution >= 0.6 is 15.9 Å². The molecule has 0 aliphatic rings. The molecule has 0 spiro atoms. The number of rotatable bonds is 4. The summed E-state index contributed by atoms with van der Waals surface area (Å²) in [6.07, 6.45) is 0. The molecule has 2 rings (SSSR count).